The van der Waals surface area contributed by atoms with E-state index in [1.165, 1.54) is 25.4 Å². The van der Waals surface area contributed by atoms with Crippen molar-refractivity contribution in [3.63, 3.8) is 0 Å². The van der Waals surface area contributed by atoms with Crippen LogP contribution in [0.1, 0.15) is 0 Å². The Kier molecular flexibility index (Phi) is 2.29. The van der Waals surface area contributed by atoms with Gasteiger partial charge in [-0.15, -0.1) is 0 Å². The summed E-state index contributed by atoms with van der Waals surface area (Å²) in [7, 11) is 1.47. The molecular formula is C10H9FN2O2. The largest absolute Gasteiger partial charge is 0.497 e. The van der Waals surface area contributed by atoms with Gasteiger partial charge in [-0.2, -0.15) is 0 Å². The molecule has 1 aromatic heterocycles. The van der Waals surface area contributed by atoms with Gasteiger partial charge in [0.05, 0.1) is 18.9 Å². The molecule has 0 saturated carbocycles. The van der Waals surface area contributed by atoms with Gasteiger partial charge >= 0.3 is 0 Å². The molecule has 0 aliphatic carbocycles. The van der Waals surface area contributed by atoms with E-state index in [-0.39, 0.29) is 11.3 Å². The predicted molar refractivity (Wildman–Crippen MR) is 52.9 cm³/mol. The summed E-state index contributed by atoms with van der Waals surface area (Å²) in [6.45, 7) is 0. The second-order valence-corrected chi connectivity index (χ2v) is 2.96. The van der Waals surface area contributed by atoms with Crippen LogP contribution >= 0.6 is 0 Å². The van der Waals surface area contributed by atoms with E-state index in [1.807, 2.05) is 0 Å². The zero-order chi connectivity index (χ0) is 10.8. The Hall–Kier alpha value is -2.04. The van der Waals surface area contributed by atoms with Crippen molar-refractivity contribution in [3.8, 4) is 17.1 Å². The second-order valence-electron chi connectivity index (χ2n) is 2.96. The molecule has 0 spiro atoms. The summed E-state index contributed by atoms with van der Waals surface area (Å²) in [5.74, 6) is 0.210. The fraction of sp³-hybridized carbons (Fsp3) is 0.100. The maximum atomic E-state index is 13.6. The zero-order valence-corrected chi connectivity index (χ0v) is 8.03. The van der Waals surface area contributed by atoms with Crippen molar-refractivity contribution in [2.75, 3.05) is 12.8 Å². The first-order valence-electron chi connectivity index (χ1n) is 4.26. The smallest absolute Gasteiger partial charge is 0.192 e. The highest BCUT2D eigenvalue weighted by atomic mass is 19.1. The quantitative estimate of drug-likeness (QED) is 0.820. The average Bonchev–Trinajstić information content (AvgIpc) is 2.64. The van der Waals surface area contributed by atoms with Gasteiger partial charge in [-0.25, -0.2) is 4.39 Å². The van der Waals surface area contributed by atoms with Crippen LogP contribution < -0.4 is 10.5 Å². The van der Waals surface area contributed by atoms with Crippen LogP contribution in [0.5, 0.6) is 5.75 Å². The number of nitrogen functional groups attached to an aromatic ring is 1. The summed E-state index contributed by atoms with van der Waals surface area (Å²) in [6, 6.07) is 4.42. The third-order valence-corrected chi connectivity index (χ3v) is 2.02. The number of nitrogens with zero attached hydrogens (tertiary/aromatic N) is 1. The molecule has 0 amide bonds. The Balaban J connectivity index is 2.50. The first kappa shape index (κ1) is 9.51. The standard InChI is InChI=1S/C10H9FN2O2/c1-14-6-2-3-7(8(11)4-6)10-9(12)5-13-15-10/h2-5H,12H2,1H3. The first-order valence-corrected chi connectivity index (χ1v) is 4.26. The molecule has 1 heterocycles. The fourth-order valence-electron chi connectivity index (χ4n) is 1.26. The number of ether oxygens (including phenoxy) is 1. The number of hydrogen-bond acceptors (Lipinski definition) is 4. The number of methoxy groups -OCH3 is 1. The van der Waals surface area contributed by atoms with Crippen LogP contribution in [-0.2, 0) is 0 Å². The summed E-state index contributed by atoms with van der Waals surface area (Å²) in [6.07, 6.45) is 1.33. The lowest BCUT2D eigenvalue weighted by molar-refractivity contribution is 0.410. The van der Waals surface area contributed by atoms with Crippen molar-refractivity contribution in [1.29, 1.82) is 0 Å². The molecule has 5 heteroatoms. The maximum absolute atomic E-state index is 13.6. The van der Waals surface area contributed by atoms with Gasteiger partial charge in [0, 0.05) is 6.07 Å². The molecule has 0 aliphatic heterocycles. The van der Waals surface area contributed by atoms with Gasteiger partial charge in [-0.3, -0.25) is 0 Å². The highest BCUT2D eigenvalue weighted by Crippen LogP contribution is 2.29. The Bertz CT molecular complexity index is 482. The normalized spacial score (nSPS) is 10.3. The molecule has 0 fully saturated rings. The van der Waals surface area contributed by atoms with Gasteiger partial charge in [-0.05, 0) is 12.1 Å². The molecule has 1 aromatic carbocycles. The third kappa shape index (κ3) is 1.63. The van der Waals surface area contributed by atoms with E-state index in [9.17, 15) is 4.39 Å². The van der Waals surface area contributed by atoms with Crippen LogP contribution in [0.15, 0.2) is 28.9 Å². The first-order chi connectivity index (χ1) is 7.22. The average molecular weight is 208 g/mol. The number of hydrogen-bond donors (Lipinski definition) is 1. The Labute approximate surface area is 85.4 Å². The van der Waals surface area contributed by atoms with Gasteiger partial charge in [-0.1, -0.05) is 5.16 Å². The summed E-state index contributed by atoms with van der Waals surface area (Å²) in [5, 5.41) is 3.48. The molecule has 2 rings (SSSR count). The lowest BCUT2D eigenvalue weighted by Crippen LogP contribution is -1.90. The van der Waals surface area contributed by atoms with Gasteiger partial charge in [0.15, 0.2) is 5.76 Å². The number of nitrogens with two attached hydrogens (primary N) is 1. The minimum Gasteiger partial charge on any atom is -0.497 e. The van der Waals surface area contributed by atoms with Crippen LogP contribution in [0, 0.1) is 5.82 Å². The highest BCUT2D eigenvalue weighted by molar-refractivity contribution is 5.70. The second kappa shape index (κ2) is 3.61. The van der Waals surface area contributed by atoms with E-state index in [2.05, 4.69) is 5.16 Å². The molecule has 2 aromatic rings. The third-order valence-electron chi connectivity index (χ3n) is 2.02. The van der Waals surface area contributed by atoms with Crippen LogP contribution in [-0.4, -0.2) is 12.3 Å². The number of aromatic nitrogens is 1. The van der Waals surface area contributed by atoms with E-state index >= 15 is 0 Å². The molecule has 15 heavy (non-hydrogen) atoms. The number of halogens is 1. The van der Waals surface area contributed by atoms with E-state index in [1.54, 1.807) is 6.07 Å². The molecule has 0 aliphatic rings. The molecule has 4 nitrogen and oxygen atoms in total. The molecule has 78 valence electrons. The molecule has 0 bridgehead atoms. The highest BCUT2D eigenvalue weighted by Gasteiger charge is 2.13. The lowest BCUT2D eigenvalue weighted by atomic mass is 10.1. The summed E-state index contributed by atoms with van der Waals surface area (Å²) >= 11 is 0. The van der Waals surface area contributed by atoms with Gasteiger partial charge in [0.2, 0.25) is 0 Å². The van der Waals surface area contributed by atoms with Gasteiger partial charge in [0.25, 0.3) is 0 Å². The maximum Gasteiger partial charge on any atom is 0.192 e. The molecule has 0 saturated heterocycles. The predicted octanol–water partition coefficient (Wildman–Crippen LogP) is 2.07. The number of benzene rings is 1. The summed E-state index contributed by atoms with van der Waals surface area (Å²) < 4.78 is 23.3. The van der Waals surface area contributed by atoms with Crippen LogP contribution in [0.25, 0.3) is 11.3 Å². The minimum atomic E-state index is -0.460. The number of anilines is 1. The van der Waals surface area contributed by atoms with Crippen molar-refractivity contribution in [2.24, 2.45) is 0 Å². The monoisotopic (exact) mass is 208 g/mol. The van der Waals surface area contributed by atoms with Crippen molar-refractivity contribution < 1.29 is 13.7 Å². The Morgan fingerprint density at radius 2 is 2.27 bits per heavy atom. The van der Waals surface area contributed by atoms with Crippen molar-refractivity contribution in [1.82, 2.24) is 5.16 Å². The molecule has 0 unspecified atom stereocenters. The van der Waals surface area contributed by atoms with Crippen molar-refractivity contribution >= 4 is 5.69 Å². The SMILES string of the molecule is COc1ccc(-c2oncc2N)c(F)c1. The van der Waals surface area contributed by atoms with E-state index in [0.29, 0.717) is 11.4 Å². The molecule has 2 N–H and O–H groups in total. The van der Waals surface area contributed by atoms with Crippen LogP contribution in [0.2, 0.25) is 0 Å². The van der Waals surface area contributed by atoms with E-state index < -0.39 is 5.82 Å². The topological polar surface area (TPSA) is 61.3 Å². The Morgan fingerprint density at radius 3 is 2.80 bits per heavy atom. The zero-order valence-electron chi connectivity index (χ0n) is 8.03. The van der Waals surface area contributed by atoms with E-state index in [0.717, 1.165) is 0 Å². The van der Waals surface area contributed by atoms with Crippen LogP contribution in [0.3, 0.4) is 0 Å². The summed E-state index contributed by atoms with van der Waals surface area (Å²) in [5.41, 5.74) is 6.13. The molecule has 0 radical (unpaired) electrons. The van der Waals surface area contributed by atoms with Crippen LogP contribution in [0.4, 0.5) is 10.1 Å². The lowest BCUT2D eigenvalue weighted by Gasteiger charge is -2.02. The summed E-state index contributed by atoms with van der Waals surface area (Å²) in [4.78, 5) is 0. The minimum absolute atomic E-state index is 0.232. The fourth-order valence-corrected chi connectivity index (χ4v) is 1.26. The van der Waals surface area contributed by atoms with Crippen molar-refractivity contribution in [3.05, 3.63) is 30.2 Å². The molecular weight excluding hydrogens is 199 g/mol. The van der Waals surface area contributed by atoms with Gasteiger partial charge < -0.3 is 15.0 Å². The molecule has 0 atom stereocenters. The van der Waals surface area contributed by atoms with E-state index in [4.69, 9.17) is 15.0 Å². The Morgan fingerprint density at radius 1 is 1.47 bits per heavy atom. The van der Waals surface area contributed by atoms with Crippen molar-refractivity contribution in [2.45, 2.75) is 0 Å². The van der Waals surface area contributed by atoms with Gasteiger partial charge in [0.1, 0.15) is 17.3 Å². The number of rotatable bonds is 2.